The molecule has 2 aliphatic rings. The van der Waals surface area contributed by atoms with Crippen LogP contribution in [0.3, 0.4) is 0 Å². The van der Waals surface area contributed by atoms with Gasteiger partial charge in [0.1, 0.15) is 5.75 Å². The summed E-state index contributed by atoms with van der Waals surface area (Å²) in [5.74, 6) is 1.32. The lowest BCUT2D eigenvalue weighted by molar-refractivity contribution is -0.121. The van der Waals surface area contributed by atoms with Crippen LogP contribution in [0.25, 0.3) is 0 Å². The molecule has 0 bridgehead atoms. The number of aryl methyl sites for hydroxylation is 2. The Kier molecular flexibility index (Phi) is 6.45. The van der Waals surface area contributed by atoms with Gasteiger partial charge in [0.05, 0.1) is 0 Å². The molecule has 31 heavy (non-hydrogen) atoms. The summed E-state index contributed by atoms with van der Waals surface area (Å²) in [7, 11) is 0. The molecule has 2 aromatic rings. The van der Waals surface area contributed by atoms with Gasteiger partial charge in [-0.25, -0.2) is 0 Å². The number of carbonyl (C=O) groups excluding carboxylic acids is 2. The van der Waals surface area contributed by atoms with Gasteiger partial charge in [-0.05, 0) is 106 Å². The molecule has 2 aromatic carbocycles. The van der Waals surface area contributed by atoms with Gasteiger partial charge in [-0.1, -0.05) is 18.2 Å². The average molecular weight is 420 g/mol. The first-order chi connectivity index (χ1) is 14.9. The summed E-state index contributed by atoms with van der Waals surface area (Å²) in [6.45, 7) is 3.93. The number of nitrogens with one attached hydrogen (secondary N) is 1. The normalized spacial score (nSPS) is 23.7. The third-order valence-electron chi connectivity index (χ3n) is 7.33. The Morgan fingerprint density at radius 3 is 2.55 bits per heavy atom. The van der Waals surface area contributed by atoms with E-state index in [0.29, 0.717) is 11.7 Å². The lowest BCUT2D eigenvalue weighted by Crippen LogP contribution is -2.28. The Balaban J connectivity index is 1.32. The molecule has 1 unspecified atom stereocenters. The highest BCUT2D eigenvalue weighted by atomic mass is 16.3. The number of aromatic hydroxyl groups is 1. The zero-order chi connectivity index (χ0) is 22.0. The second-order valence-corrected chi connectivity index (χ2v) is 9.50. The van der Waals surface area contributed by atoms with E-state index >= 15 is 0 Å². The fourth-order valence-corrected chi connectivity index (χ4v) is 5.41. The van der Waals surface area contributed by atoms with E-state index in [4.69, 9.17) is 0 Å². The van der Waals surface area contributed by atoms with Crippen molar-refractivity contribution in [2.24, 2.45) is 17.8 Å². The first kappa shape index (κ1) is 21.6. The summed E-state index contributed by atoms with van der Waals surface area (Å²) >= 11 is 0. The van der Waals surface area contributed by atoms with Crippen LogP contribution in [0.1, 0.15) is 72.0 Å². The summed E-state index contributed by atoms with van der Waals surface area (Å²) in [6.07, 6.45) is 7.81. The maximum absolute atomic E-state index is 13.2. The van der Waals surface area contributed by atoms with Crippen LogP contribution in [0.5, 0.6) is 5.75 Å². The molecule has 2 N–H and O–H groups in total. The minimum atomic E-state index is 0.0265. The maximum atomic E-state index is 13.2. The summed E-state index contributed by atoms with van der Waals surface area (Å²) in [4.78, 5) is 25.9. The summed E-state index contributed by atoms with van der Waals surface area (Å²) in [6, 6.07) is 11.3. The predicted molar refractivity (Wildman–Crippen MR) is 123 cm³/mol. The molecule has 1 amide bonds. The molecule has 0 aromatic heterocycles. The number of carbonyl (C=O) groups is 2. The Morgan fingerprint density at radius 2 is 1.81 bits per heavy atom. The number of amides is 1. The highest BCUT2D eigenvalue weighted by Crippen LogP contribution is 2.37. The van der Waals surface area contributed by atoms with Crippen molar-refractivity contribution in [3.63, 3.8) is 0 Å². The minimum absolute atomic E-state index is 0.0265. The van der Waals surface area contributed by atoms with Gasteiger partial charge in [0.25, 0.3) is 0 Å². The quantitative estimate of drug-likeness (QED) is 0.473. The third kappa shape index (κ3) is 4.84. The van der Waals surface area contributed by atoms with Crippen molar-refractivity contribution >= 4 is 17.4 Å². The van der Waals surface area contributed by atoms with Crippen molar-refractivity contribution < 1.29 is 14.7 Å². The summed E-state index contributed by atoms with van der Waals surface area (Å²) < 4.78 is 0. The number of hydrogen-bond donors (Lipinski definition) is 2. The van der Waals surface area contributed by atoms with Gasteiger partial charge in [-0.3, -0.25) is 9.59 Å². The number of phenols is 1. The zero-order valence-electron chi connectivity index (χ0n) is 18.6. The highest BCUT2D eigenvalue weighted by molar-refractivity contribution is 5.99. The number of ketones is 1. The van der Waals surface area contributed by atoms with E-state index in [2.05, 4.69) is 18.3 Å². The molecular formula is C27H33NO3. The van der Waals surface area contributed by atoms with E-state index in [1.165, 1.54) is 11.1 Å². The standard InChI is InChI=1S/C27H33NO3/c1-17-5-3-8-24-23(17)7-4-6-21(26(24)30)16-19-9-11-20(12-10-19)27(31)28-22-13-14-25(29)18(2)15-22/h3,5,8,13-15,19-21,29H,4,6-7,9-12,16H2,1-2H3,(H,28,31). The largest absolute Gasteiger partial charge is 0.508 e. The lowest BCUT2D eigenvalue weighted by Gasteiger charge is -2.30. The molecule has 1 saturated carbocycles. The van der Waals surface area contributed by atoms with E-state index in [-0.39, 0.29) is 23.5 Å². The minimum Gasteiger partial charge on any atom is -0.508 e. The molecule has 0 heterocycles. The molecule has 0 spiro atoms. The van der Waals surface area contributed by atoms with Gasteiger partial charge in [0.2, 0.25) is 5.91 Å². The molecular weight excluding hydrogens is 386 g/mol. The molecule has 2 aliphatic carbocycles. The van der Waals surface area contributed by atoms with Gasteiger partial charge in [-0.2, -0.15) is 0 Å². The number of benzene rings is 2. The summed E-state index contributed by atoms with van der Waals surface area (Å²) in [5, 5.41) is 12.7. The zero-order valence-corrected chi connectivity index (χ0v) is 18.6. The van der Waals surface area contributed by atoms with Crippen LogP contribution >= 0.6 is 0 Å². The van der Waals surface area contributed by atoms with E-state index < -0.39 is 0 Å². The van der Waals surface area contributed by atoms with Gasteiger partial charge < -0.3 is 10.4 Å². The summed E-state index contributed by atoms with van der Waals surface area (Å²) in [5.41, 5.74) is 4.92. The van der Waals surface area contributed by atoms with E-state index in [0.717, 1.165) is 68.2 Å². The first-order valence-electron chi connectivity index (χ1n) is 11.7. The van der Waals surface area contributed by atoms with Gasteiger partial charge in [-0.15, -0.1) is 0 Å². The molecule has 4 rings (SSSR count). The van der Waals surface area contributed by atoms with Crippen LogP contribution < -0.4 is 5.32 Å². The molecule has 4 nitrogen and oxygen atoms in total. The predicted octanol–water partition coefficient (Wildman–Crippen LogP) is 5.98. The van der Waals surface area contributed by atoms with E-state index in [1.54, 1.807) is 18.2 Å². The molecule has 0 aliphatic heterocycles. The number of Topliss-reactive ketones (excluding diaryl/α,β-unsaturated/α-hetero) is 1. The van der Waals surface area contributed by atoms with Gasteiger partial charge in [0.15, 0.2) is 5.78 Å². The van der Waals surface area contributed by atoms with Crippen LogP contribution in [0.15, 0.2) is 36.4 Å². The molecule has 164 valence electrons. The number of fused-ring (bicyclic) bond motifs is 1. The van der Waals surface area contributed by atoms with Crippen molar-refractivity contribution in [1.82, 2.24) is 0 Å². The van der Waals surface area contributed by atoms with Crippen molar-refractivity contribution in [1.29, 1.82) is 0 Å². The van der Waals surface area contributed by atoms with Crippen molar-refractivity contribution in [3.05, 3.63) is 58.7 Å². The molecule has 4 heteroatoms. The second-order valence-electron chi connectivity index (χ2n) is 9.50. The van der Waals surface area contributed by atoms with Crippen LogP contribution in [-0.2, 0) is 11.2 Å². The highest BCUT2D eigenvalue weighted by Gasteiger charge is 2.32. The van der Waals surface area contributed by atoms with Crippen LogP contribution in [-0.4, -0.2) is 16.8 Å². The van der Waals surface area contributed by atoms with Crippen LogP contribution in [0, 0.1) is 31.6 Å². The van der Waals surface area contributed by atoms with E-state index in [1.807, 2.05) is 19.1 Å². The van der Waals surface area contributed by atoms with Crippen molar-refractivity contribution in [3.8, 4) is 5.75 Å². The smallest absolute Gasteiger partial charge is 0.227 e. The fourth-order valence-electron chi connectivity index (χ4n) is 5.41. The third-order valence-corrected chi connectivity index (χ3v) is 7.33. The SMILES string of the molecule is Cc1cc(NC(=O)C2CCC(CC3CCCc4c(C)cccc4C3=O)CC2)ccc1O. The van der Waals surface area contributed by atoms with E-state index in [9.17, 15) is 14.7 Å². The van der Waals surface area contributed by atoms with Gasteiger partial charge in [0, 0.05) is 23.1 Å². The van der Waals surface area contributed by atoms with Crippen molar-refractivity contribution in [2.75, 3.05) is 5.32 Å². The number of phenolic OH excluding ortho intramolecular Hbond substituents is 1. The van der Waals surface area contributed by atoms with Gasteiger partial charge >= 0.3 is 0 Å². The first-order valence-corrected chi connectivity index (χ1v) is 11.7. The number of rotatable bonds is 4. The topological polar surface area (TPSA) is 66.4 Å². The Bertz CT molecular complexity index is 972. The monoisotopic (exact) mass is 419 g/mol. The average Bonchev–Trinajstić information content (AvgIpc) is 2.91. The lowest BCUT2D eigenvalue weighted by atomic mass is 9.76. The van der Waals surface area contributed by atoms with Crippen molar-refractivity contribution in [2.45, 2.75) is 65.2 Å². The Morgan fingerprint density at radius 1 is 1.03 bits per heavy atom. The number of anilines is 1. The number of hydrogen-bond acceptors (Lipinski definition) is 3. The fraction of sp³-hybridized carbons (Fsp3) is 0.481. The molecule has 0 saturated heterocycles. The van der Waals surface area contributed by atoms with Crippen LogP contribution in [0.2, 0.25) is 0 Å². The Labute approximate surface area is 185 Å². The molecule has 1 atom stereocenters. The second kappa shape index (κ2) is 9.25. The molecule has 0 radical (unpaired) electrons. The van der Waals surface area contributed by atoms with Crippen LogP contribution in [0.4, 0.5) is 5.69 Å². The Hall–Kier alpha value is -2.62. The maximum Gasteiger partial charge on any atom is 0.227 e. The molecule has 1 fully saturated rings.